The molecule has 51 heavy (non-hydrogen) atoms. The van der Waals surface area contributed by atoms with Gasteiger partial charge in [0.15, 0.2) is 0 Å². The summed E-state index contributed by atoms with van der Waals surface area (Å²) in [5.41, 5.74) is 5.22. The van der Waals surface area contributed by atoms with Crippen molar-refractivity contribution in [2.24, 2.45) is 5.92 Å². The second-order valence-corrected chi connectivity index (χ2v) is 13.8. The molecule has 2 fully saturated rings. The molecule has 5 heterocycles. The van der Waals surface area contributed by atoms with Crippen molar-refractivity contribution >= 4 is 29.4 Å². The SMILES string of the molecule is COC(=O)N[C@H](C(=O)N1CCC[C@H]1c1nc(-c2ccc(-c3ccc(NC(=O)c4ccc(N5C[C@H](C)NC[C@H]5C)nc4)c(C)n3)cc2)c[nH]1)C(C)C. The van der Waals surface area contributed by atoms with Crippen LogP contribution in [0.3, 0.4) is 0 Å². The molecule has 0 unspecified atom stereocenters. The molecule has 2 aliphatic heterocycles. The Morgan fingerprint density at radius 2 is 1.73 bits per heavy atom. The first kappa shape index (κ1) is 35.5. The zero-order chi connectivity index (χ0) is 36.2. The van der Waals surface area contributed by atoms with Gasteiger partial charge in [-0.2, -0.15) is 0 Å². The molecule has 1 aromatic carbocycles. The molecule has 4 N–H and O–H groups in total. The lowest BCUT2D eigenvalue weighted by Crippen LogP contribution is -2.54. The van der Waals surface area contributed by atoms with Crippen LogP contribution in [0.2, 0.25) is 0 Å². The van der Waals surface area contributed by atoms with Gasteiger partial charge in [-0.3, -0.25) is 14.6 Å². The summed E-state index contributed by atoms with van der Waals surface area (Å²) in [5.74, 6) is 1.10. The molecule has 268 valence electrons. The van der Waals surface area contributed by atoms with Gasteiger partial charge in [0.2, 0.25) is 5.91 Å². The number of amides is 3. The number of carbonyl (C=O) groups excluding carboxylic acids is 3. The van der Waals surface area contributed by atoms with Gasteiger partial charge in [0.25, 0.3) is 5.91 Å². The Bertz CT molecular complexity index is 1860. The number of piperazine rings is 1. The minimum absolute atomic E-state index is 0.103. The standard InChI is InChI=1S/C38H47N9O4/c1-22(2)34(45-38(50)51-6)37(49)46-17-7-8-32(46)35-41-20-31(43-35)27-11-9-26(10-12-27)30-15-14-29(25(5)42-30)44-36(48)28-13-16-33(40-19-28)47-21-23(3)39-18-24(47)4/h9-16,19-20,22-24,32,34,39H,7-8,17-18,21H2,1-6H3,(H,41,43)(H,44,48)(H,45,50)/t23-,24+,32-,34-/m0/s1. The number of nitrogens with zero attached hydrogens (tertiary/aromatic N) is 5. The van der Waals surface area contributed by atoms with E-state index >= 15 is 0 Å². The van der Waals surface area contributed by atoms with Crippen molar-refractivity contribution in [2.45, 2.75) is 71.6 Å². The fourth-order valence-electron chi connectivity index (χ4n) is 6.74. The predicted molar refractivity (Wildman–Crippen MR) is 196 cm³/mol. The number of rotatable bonds is 9. The van der Waals surface area contributed by atoms with Gasteiger partial charge in [0, 0.05) is 55.2 Å². The van der Waals surface area contributed by atoms with Gasteiger partial charge in [-0.25, -0.2) is 14.8 Å². The number of carbonyl (C=O) groups is 3. The summed E-state index contributed by atoms with van der Waals surface area (Å²) < 4.78 is 4.74. The summed E-state index contributed by atoms with van der Waals surface area (Å²) >= 11 is 0. The topological polar surface area (TPSA) is 157 Å². The van der Waals surface area contributed by atoms with Crippen molar-refractivity contribution in [3.8, 4) is 22.5 Å². The van der Waals surface area contributed by atoms with E-state index in [0.717, 1.165) is 54.3 Å². The number of hydrogen-bond donors (Lipinski definition) is 4. The number of methoxy groups -OCH3 is 1. The number of pyridine rings is 2. The van der Waals surface area contributed by atoms with E-state index in [4.69, 9.17) is 14.7 Å². The predicted octanol–water partition coefficient (Wildman–Crippen LogP) is 5.33. The lowest BCUT2D eigenvalue weighted by Gasteiger charge is -2.38. The number of aromatic nitrogens is 4. The molecule has 13 nitrogen and oxygen atoms in total. The third-order valence-electron chi connectivity index (χ3n) is 9.72. The number of hydrogen-bond acceptors (Lipinski definition) is 9. The lowest BCUT2D eigenvalue weighted by atomic mass is 10.0. The number of likely N-dealkylation sites (tertiary alicyclic amines) is 1. The van der Waals surface area contributed by atoms with Gasteiger partial charge in [-0.15, -0.1) is 0 Å². The van der Waals surface area contributed by atoms with Crippen LogP contribution in [-0.2, 0) is 9.53 Å². The monoisotopic (exact) mass is 693 g/mol. The maximum absolute atomic E-state index is 13.5. The zero-order valence-electron chi connectivity index (χ0n) is 30.1. The maximum atomic E-state index is 13.5. The fourth-order valence-corrected chi connectivity index (χ4v) is 6.74. The molecule has 4 aromatic rings. The smallest absolute Gasteiger partial charge is 0.407 e. The molecule has 2 aliphatic rings. The Morgan fingerprint density at radius 3 is 2.39 bits per heavy atom. The minimum atomic E-state index is -0.687. The average Bonchev–Trinajstić information content (AvgIpc) is 3.83. The summed E-state index contributed by atoms with van der Waals surface area (Å²) in [7, 11) is 1.29. The van der Waals surface area contributed by atoms with Crippen molar-refractivity contribution in [1.82, 2.24) is 35.5 Å². The Hall–Kier alpha value is -5.30. The number of anilines is 2. The Balaban J connectivity index is 1.09. The van der Waals surface area contributed by atoms with Gasteiger partial charge in [-0.05, 0) is 63.8 Å². The van der Waals surface area contributed by atoms with Gasteiger partial charge < -0.3 is 35.5 Å². The first-order valence-electron chi connectivity index (χ1n) is 17.6. The van der Waals surface area contributed by atoms with E-state index in [1.165, 1.54) is 7.11 Å². The normalized spacial score (nSPS) is 19.5. The highest BCUT2D eigenvalue weighted by atomic mass is 16.5. The number of imidazole rings is 1. The first-order valence-corrected chi connectivity index (χ1v) is 17.6. The average molecular weight is 694 g/mol. The fraction of sp³-hybridized carbons (Fsp3) is 0.421. The third-order valence-corrected chi connectivity index (χ3v) is 9.72. The van der Waals surface area contributed by atoms with Crippen molar-refractivity contribution < 1.29 is 19.1 Å². The van der Waals surface area contributed by atoms with Crippen LogP contribution in [0.25, 0.3) is 22.5 Å². The largest absolute Gasteiger partial charge is 0.453 e. The number of benzene rings is 1. The highest BCUT2D eigenvalue weighted by Gasteiger charge is 2.37. The number of alkyl carbamates (subject to hydrolysis) is 1. The molecule has 0 saturated carbocycles. The second-order valence-electron chi connectivity index (χ2n) is 13.8. The van der Waals surface area contributed by atoms with Crippen molar-refractivity contribution in [2.75, 3.05) is 37.0 Å². The van der Waals surface area contributed by atoms with E-state index in [1.54, 1.807) is 11.1 Å². The van der Waals surface area contributed by atoms with Crippen LogP contribution in [0.4, 0.5) is 16.3 Å². The van der Waals surface area contributed by atoms with Gasteiger partial charge in [0.1, 0.15) is 17.7 Å². The molecule has 2 saturated heterocycles. The maximum Gasteiger partial charge on any atom is 0.407 e. The number of aromatic amines is 1. The molecule has 3 aromatic heterocycles. The van der Waals surface area contributed by atoms with E-state index in [0.29, 0.717) is 41.4 Å². The number of H-pyrrole nitrogens is 1. The van der Waals surface area contributed by atoms with E-state index in [1.807, 2.05) is 75.5 Å². The minimum Gasteiger partial charge on any atom is -0.453 e. The Morgan fingerprint density at radius 1 is 0.980 bits per heavy atom. The molecule has 0 radical (unpaired) electrons. The van der Waals surface area contributed by atoms with Crippen LogP contribution in [0, 0.1) is 12.8 Å². The molecule has 6 rings (SSSR count). The van der Waals surface area contributed by atoms with E-state index < -0.39 is 12.1 Å². The molecule has 0 bridgehead atoms. The molecule has 0 spiro atoms. The number of ether oxygens (including phenoxy) is 1. The summed E-state index contributed by atoms with van der Waals surface area (Å²) in [6.45, 7) is 12.3. The number of nitrogens with one attached hydrogen (secondary N) is 4. The quantitative estimate of drug-likeness (QED) is 0.182. The summed E-state index contributed by atoms with van der Waals surface area (Å²) in [4.78, 5) is 60.1. The zero-order valence-corrected chi connectivity index (χ0v) is 30.1. The van der Waals surface area contributed by atoms with Crippen LogP contribution in [-0.4, -0.2) is 87.6 Å². The number of aryl methyl sites for hydroxylation is 1. The third kappa shape index (κ3) is 7.88. The van der Waals surface area contributed by atoms with Gasteiger partial charge >= 0.3 is 6.09 Å². The molecule has 3 amide bonds. The molecule has 0 aliphatic carbocycles. The Labute approximate surface area is 298 Å². The first-order chi connectivity index (χ1) is 24.5. The molecular weight excluding hydrogens is 646 g/mol. The highest BCUT2D eigenvalue weighted by Crippen LogP contribution is 2.33. The van der Waals surface area contributed by atoms with Gasteiger partial charge in [-0.1, -0.05) is 38.1 Å². The molecule has 4 atom stereocenters. The summed E-state index contributed by atoms with van der Waals surface area (Å²) in [6.07, 6.45) is 4.48. The van der Waals surface area contributed by atoms with Crippen LogP contribution >= 0.6 is 0 Å². The van der Waals surface area contributed by atoms with Crippen LogP contribution in [0.5, 0.6) is 0 Å². The van der Waals surface area contributed by atoms with E-state index in [9.17, 15) is 14.4 Å². The summed E-state index contributed by atoms with van der Waals surface area (Å²) in [5, 5.41) is 9.15. The van der Waals surface area contributed by atoms with Crippen molar-refractivity contribution in [3.63, 3.8) is 0 Å². The van der Waals surface area contributed by atoms with Crippen LogP contribution < -0.4 is 20.9 Å². The van der Waals surface area contributed by atoms with E-state index in [2.05, 4.69) is 44.7 Å². The second kappa shape index (κ2) is 15.3. The van der Waals surface area contributed by atoms with Crippen molar-refractivity contribution in [3.05, 3.63) is 78.0 Å². The molecule has 13 heteroatoms. The van der Waals surface area contributed by atoms with Crippen LogP contribution in [0.1, 0.15) is 68.5 Å². The Kier molecular flexibility index (Phi) is 10.7. The van der Waals surface area contributed by atoms with Crippen LogP contribution in [0.15, 0.2) is 60.9 Å². The lowest BCUT2D eigenvalue weighted by molar-refractivity contribution is -0.135. The van der Waals surface area contributed by atoms with Gasteiger partial charge in [0.05, 0.1) is 41.5 Å². The van der Waals surface area contributed by atoms with Crippen molar-refractivity contribution in [1.29, 1.82) is 0 Å². The molecular formula is C38H47N9O4. The summed E-state index contributed by atoms with van der Waals surface area (Å²) in [6, 6.07) is 15.3. The van der Waals surface area contributed by atoms with E-state index in [-0.39, 0.29) is 23.8 Å². The highest BCUT2D eigenvalue weighted by molar-refractivity contribution is 6.04.